The van der Waals surface area contributed by atoms with E-state index in [0.717, 1.165) is 36.3 Å². The van der Waals surface area contributed by atoms with E-state index >= 15 is 0 Å². The summed E-state index contributed by atoms with van der Waals surface area (Å²) in [5, 5.41) is 0. The summed E-state index contributed by atoms with van der Waals surface area (Å²) in [6.07, 6.45) is 9.45. The summed E-state index contributed by atoms with van der Waals surface area (Å²) in [7, 11) is 0. The molecule has 0 heterocycles. The summed E-state index contributed by atoms with van der Waals surface area (Å²) in [4.78, 5) is 9.18. The van der Waals surface area contributed by atoms with Crippen LogP contribution in [0.3, 0.4) is 0 Å². The average Bonchev–Trinajstić information content (AvgIpc) is 2.59. The van der Waals surface area contributed by atoms with Crippen LogP contribution in [0, 0.1) is 0 Å². The molecule has 0 aromatic heterocycles. The zero-order chi connectivity index (χ0) is 16.3. The zero-order valence-electron chi connectivity index (χ0n) is 13.9. The second-order valence-electron chi connectivity index (χ2n) is 5.44. The molecule has 2 aromatic carbocycles. The largest absolute Gasteiger partial charge is 0.255 e. The van der Waals surface area contributed by atoms with Gasteiger partial charge in [0.15, 0.2) is 0 Å². The van der Waals surface area contributed by atoms with Gasteiger partial charge in [-0.2, -0.15) is 0 Å². The second-order valence-corrected chi connectivity index (χ2v) is 5.44. The van der Waals surface area contributed by atoms with Gasteiger partial charge in [0, 0.05) is 6.21 Å². The Kier molecular flexibility index (Phi) is 6.99. The Balaban J connectivity index is 2.07. The Morgan fingerprint density at radius 3 is 2.52 bits per heavy atom. The molecule has 2 heteroatoms. The lowest BCUT2D eigenvalue weighted by atomic mass is 10.1. The van der Waals surface area contributed by atoms with Gasteiger partial charge in [0.05, 0.1) is 17.1 Å². The molecule has 0 saturated carbocycles. The van der Waals surface area contributed by atoms with Crippen LogP contribution in [0.5, 0.6) is 0 Å². The van der Waals surface area contributed by atoms with Gasteiger partial charge in [-0.05, 0) is 56.9 Å². The van der Waals surface area contributed by atoms with E-state index in [2.05, 4.69) is 42.3 Å². The number of benzene rings is 2. The van der Waals surface area contributed by atoms with Gasteiger partial charge in [-0.1, -0.05) is 48.6 Å². The summed E-state index contributed by atoms with van der Waals surface area (Å²) < 4.78 is 0. The lowest BCUT2D eigenvalue weighted by Crippen LogP contribution is -1.93. The number of aliphatic imine (C=N–C) groups is 2. The maximum Gasteiger partial charge on any atom is 0.0665 e. The molecule has 0 aliphatic heterocycles. The van der Waals surface area contributed by atoms with E-state index < -0.39 is 0 Å². The summed E-state index contributed by atoms with van der Waals surface area (Å²) in [5.74, 6) is 0. The number of rotatable bonds is 7. The van der Waals surface area contributed by atoms with Crippen LogP contribution in [0.2, 0.25) is 0 Å². The quantitative estimate of drug-likeness (QED) is 0.336. The molecule has 0 saturated heterocycles. The van der Waals surface area contributed by atoms with E-state index in [0.29, 0.717) is 0 Å². The van der Waals surface area contributed by atoms with Gasteiger partial charge in [0.1, 0.15) is 0 Å². The SMILES string of the molecule is CC=CCCCc1ccccc1N=C(C)C=Nc1ccccc1. The Morgan fingerprint density at radius 2 is 1.74 bits per heavy atom. The highest BCUT2D eigenvalue weighted by Gasteiger charge is 2.00. The molecule has 0 amide bonds. The maximum absolute atomic E-state index is 4.72. The van der Waals surface area contributed by atoms with Gasteiger partial charge in [-0.15, -0.1) is 0 Å². The molecule has 2 nitrogen and oxygen atoms in total. The third kappa shape index (κ3) is 6.03. The Morgan fingerprint density at radius 1 is 1.00 bits per heavy atom. The number of aryl methyl sites for hydroxylation is 1. The number of para-hydroxylation sites is 2. The van der Waals surface area contributed by atoms with E-state index in [1.165, 1.54) is 5.56 Å². The molecule has 0 aliphatic rings. The molecule has 0 bridgehead atoms. The van der Waals surface area contributed by atoms with E-state index in [-0.39, 0.29) is 0 Å². The standard InChI is InChI=1S/C21H24N2/c1-3-4-5-7-12-19-13-10-11-16-21(19)23-18(2)17-22-20-14-8-6-9-15-20/h3-4,6,8-11,13-17H,5,7,12H2,1-2H3. The van der Waals surface area contributed by atoms with E-state index in [1.54, 1.807) is 0 Å². The lowest BCUT2D eigenvalue weighted by molar-refractivity contribution is 0.842. The molecule has 0 fully saturated rings. The third-order valence-electron chi connectivity index (χ3n) is 3.50. The first-order valence-electron chi connectivity index (χ1n) is 8.13. The fraction of sp³-hybridized carbons (Fsp3) is 0.238. The zero-order valence-corrected chi connectivity index (χ0v) is 13.9. The number of unbranched alkanes of at least 4 members (excludes halogenated alkanes) is 1. The van der Waals surface area contributed by atoms with Gasteiger partial charge >= 0.3 is 0 Å². The minimum atomic E-state index is 0.912. The molecule has 118 valence electrons. The van der Waals surface area contributed by atoms with Gasteiger partial charge in [0.2, 0.25) is 0 Å². The van der Waals surface area contributed by atoms with Crippen LogP contribution in [-0.4, -0.2) is 11.9 Å². The van der Waals surface area contributed by atoms with E-state index in [1.807, 2.05) is 49.5 Å². The second kappa shape index (κ2) is 9.52. The van der Waals surface area contributed by atoms with Gasteiger partial charge in [-0.25, -0.2) is 0 Å². The van der Waals surface area contributed by atoms with Crippen LogP contribution >= 0.6 is 0 Å². The van der Waals surface area contributed by atoms with Crippen molar-refractivity contribution in [3.8, 4) is 0 Å². The number of allylic oxidation sites excluding steroid dienone is 2. The molecule has 2 aromatic rings. The van der Waals surface area contributed by atoms with E-state index in [4.69, 9.17) is 4.99 Å². The van der Waals surface area contributed by atoms with Crippen molar-refractivity contribution in [3.05, 3.63) is 72.3 Å². The summed E-state index contributed by atoms with van der Waals surface area (Å²) >= 11 is 0. The highest BCUT2D eigenvalue weighted by Crippen LogP contribution is 2.21. The fourth-order valence-electron chi connectivity index (χ4n) is 2.31. The van der Waals surface area contributed by atoms with Crippen LogP contribution < -0.4 is 0 Å². The van der Waals surface area contributed by atoms with Crippen LogP contribution in [0.1, 0.15) is 32.3 Å². The van der Waals surface area contributed by atoms with Gasteiger partial charge in [-0.3, -0.25) is 9.98 Å². The van der Waals surface area contributed by atoms with Crippen molar-refractivity contribution in [3.63, 3.8) is 0 Å². The molecule has 0 unspecified atom stereocenters. The molecule has 0 N–H and O–H groups in total. The van der Waals surface area contributed by atoms with Crippen LogP contribution in [0.4, 0.5) is 11.4 Å². The highest BCUT2D eigenvalue weighted by molar-refractivity contribution is 6.30. The van der Waals surface area contributed by atoms with Crippen LogP contribution in [0.15, 0.2) is 76.7 Å². The predicted molar refractivity (Wildman–Crippen MR) is 102 cm³/mol. The van der Waals surface area contributed by atoms with Crippen molar-refractivity contribution >= 4 is 23.3 Å². The first kappa shape index (κ1) is 16.9. The van der Waals surface area contributed by atoms with Crippen molar-refractivity contribution in [1.82, 2.24) is 0 Å². The Hall–Kier alpha value is -2.48. The van der Waals surface area contributed by atoms with Crippen molar-refractivity contribution < 1.29 is 0 Å². The molecule has 0 aliphatic carbocycles. The third-order valence-corrected chi connectivity index (χ3v) is 3.50. The highest BCUT2D eigenvalue weighted by atomic mass is 14.8. The monoisotopic (exact) mass is 304 g/mol. The minimum absolute atomic E-state index is 0.912. The molecule has 0 radical (unpaired) electrons. The van der Waals surface area contributed by atoms with Crippen molar-refractivity contribution in [1.29, 1.82) is 0 Å². The topological polar surface area (TPSA) is 24.7 Å². The van der Waals surface area contributed by atoms with Crippen molar-refractivity contribution in [2.45, 2.75) is 33.1 Å². The Bertz CT molecular complexity index is 682. The first-order chi connectivity index (χ1) is 11.3. The van der Waals surface area contributed by atoms with Crippen LogP contribution in [-0.2, 0) is 6.42 Å². The van der Waals surface area contributed by atoms with Gasteiger partial charge in [0.25, 0.3) is 0 Å². The molecule has 0 atom stereocenters. The van der Waals surface area contributed by atoms with Crippen LogP contribution in [0.25, 0.3) is 0 Å². The minimum Gasteiger partial charge on any atom is -0.255 e. The number of nitrogens with zero attached hydrogens (tertiary/aromatic N) is 2. The first-order valence-corrected chi connectivity index (χ1v) is 8.13. The molecule has 2 rings (SSSR count). The Labute approximate surface area is 139 Å². The smallest absolute Gasteiger partial charge is 0.0665 e. The molecular formula is C21H24N2. The fourth-order valence-corrected chi connectivity index (χ4v) is 2.31. The molecule has 0 spiro atoms. The molecule has 23 heavy (non-hydrogen) atoms. The number of hydrogen-bond donors (Lipinski definition) is 0. The molecular weight excluding hydrogens is 280 g/mol. The average molecular weight is 304 g/mol. The predicted octanol–water partition coefficient (Wildman–Crippen LogP) is 6.08. The summed E-state index contributed by atoms with van der Waals surface area (Å²) in [6, 6.07) is 18.3. The summed E-state index contributed by atoms with van der Waals surface area (Å²) in [6.45, 7) is 4.05. The normalized spacial score (nSPS) is 12.3. The van der Waals surface area contributed by atoms with Crippen molar-refractivity contribution in [2.24, 2.45) is 9.98 Å². The number of hydrogen-bond acceptors (Lipinski definition) is 2. The summed E-state index contributed by atoms with van der Waals surface area (Å²) in [5.41, 5.74) is 4.20. The van der Waals surface area contributed by atoms with Crippen molar-refractivity contribution in [2.75, 3.05) is 0 Å². The lowest BCUT2D eigenvalue weighted by Gasteiger charge is -2.05. The van der Waals surface area contributed by atoms with Gasteiger partial charge < -0.3 is 0 Å². The maximum atomic E-state index is 4.72. The van der Waals surface area contributed by atoms with E-state index in [9.17, 15) is 0 Å².